The summed E-state index contributed by atoms with van der Waals surface area (Å²) in [6, 6.07) is 12.9. The summed E-state index contributed by atoms with van der Waals surface area (Å²) in [5.74, 6) is 0.137. The maximum absolute atomic E-state index is 12.1. The van der Waals surface area contributed by atoms with Crippen molar-refractivity contribution in [2.45, 2.75) is 39.2 Å². The van der Waals surface area contributed by atoms with Crippen LogP contribution in [0.4, 0.5) is 0 Å². The van der Waals surface area contributed by atoms with E-state index < -0.39 is 17.9 Å². The van der Waals surface area contributed by atoms with Crippen LogP contribution in [0.2, 0.25) is 0 Å². The molecule has 0 aliphatic rings. The number of hydrogen-bond donors (Lipinski definition) is 2. The summed E-state index contributed by atoms with van der Waals surface area (Å²) in [5, 5.41) is 0. The van der Waals surface area contributed by atoms with Crippen LogP contribution in [-0.4, -0.2) is 24.5 Å². The van der Waals surface area contributed by atoms with Crippen LogP contribution in [0.1, 0.15) is 33.3 Å². The number of nitrogens with one attached hydrogen (secondary N) is 2. The highest BCUT2D eigenvalue weighted by molar-refractivity contribution is 9.11. The molecule has 6 nitrogen and oxygen atoms in total. The molecule has 0 saturated heterocycles. The first-order valence-corrected chi connectivity index (χ1v) is 10.6. The molecule has 2 rings (SSSR count). The summed E-state index contributed by atoms with van der Waals surface area (Å²) in [6.07, 6.45) is -0.780. The van der Waals surface area contributed by atoms with Gasteiger partial charge in [0.1, 0.15) is 11.5 Å². The first-order valence-electron chi connectivity index (χ1n) is 9.00. The summed E-state index contributed by atoms with van der Waals surface area (Å²) < 4.78 is 12.6. The van der Waals surface area contributed by atoms with Gasteiger partial charge in [0.2, 0.25) is 0 Å². The number of hydrogen-bond acceptors (Lipinski definition) is 4. The van der Waals surface area contributed by atoms with E-state index in [1.807, 2.05) is 30.3 Å². The summed E-state index contributed by atoms with van der Waals surface area (Å²) in [5.41, 5.74) is 5.86. The van der Waals surface area contributed by atoms with Gasteiger partial charge in [0.05, 0.1) is 4.47 Å². The molecule has 29 heavy (non-hydrogen) atoms. The number of benzene rings is 2. The lowest BCUT2D eigenvalue weighted by molar-refractivity contribution is -0.133. The third-order valence-corrected chi connectivity index (χ3v) is 5.09. The van der Waals surface area contributed by atoms with E-state index >= 15 is 0 Å². The van der Waals surface area contributed by atoms with Gasteiger partial charge >= 0.3 is 0 Å². The normalized spacial score (nSPS) is 12.1. The van der Waals surface area contributed by atoms with Gasteiger partial charge in [-0.3, -0.25) is 20.4 Å². The molecular formula is C21H24Br2N2O4. The number of ether oxygens (including phenoxy) is 2. The van der Waals surface area contributed by atoms with Crippen LogP contribution < -0.4 is 20.3 Å². The van der Waals surface area contributed by atoms with E-state index in [2.05, 4.69) is 63.5 Å². The molecular weight excluding hydrogens is 504 g/mol. The molecule has 2 aromatic carbocycles. The fraction of sp³-hybridized carbons (Fsp3) is 0.333. The van der Waals surface area contributed by atoms with Crippen LogP contribution in [0.15, 0.2) is 51.4 Å². The third kappa shape index (κ3) is 7.36. The van der Waals surface area contributed by atoms with Crippen molar-refractivity contribution in [3.05, 3.63) is 57.0 Å². The average Bonchev–Trinajstić information content (AvgIpc) is 2.65. The molecule has 8 heteroatoms. The van der Waals surface area contributed by atoms with Gasteiger partial charge in [0.25, 0.3) is 11.8 Å². The quantitative estimate of drug-likeness (QED) is 0.542. The lowest BCUT2D eigenvalue weighted by Gasteiger charge is -2.20. The Morgan fingerprint density at radius 3 is 2.28 bits per heavy atom. The van der Waals surface area contributed by atoms with Crippen molar-refractivity contribution in [2.75, 3.05) is 6.61 Å². The van der Waals surface area contributed by atoms with Crippen molar-refractivity contribution < 1.29 is 19.1 Å². The fourth-order valence-electron chi connectivity index (χ4n) is 2.30. The Kier molecular flexibility index (Phi) is 8.10. The van der Waals surface area contributed by atoms with Gasteiger partial charge in [-0.05, 0) is 64.2 Å². The molecule has 2 N–H and O–H groups in total. The molecule has 2 aromatic rings. The lowest BCUT2D eigenvalue weighted by atomic mass is 9.87. The zero-order valence-electron chi connectivity index (χ0n) is 16.7. The Morgan fingerprint density at radius 2 is 1.69 bits per heavy atom. The molecule has 0 radical (unpaired) electrons. The van der Waals surface area contributed by atoms with Gasteiger partial charge in [-0.15, -0.1) is 0 Å². The predicted octanol–water partition coefficient (Wildman–Crippen LogP) is 4.50. The highest BCUT2D eigenvalue weighted by atomic mass is 79.9. The minimum absolute atomic E-state index is 0.0414. The third-order valence-electron chi connectivity index (χ3n) is 3.98. The molecule has 0 aliphatic carbocycles. The highest BCUT2D eigenvalue weighted by Crippen LogP contribution is 2.28. The summed E-state index contributed by atoms with van der Waals surface area (Å²) in [4.78, 5) is 24.0. The van der Waals surface area contributed by atoms with Gasteiger partial charge in [-0.2, -0.15) is 0 Å². The molecule has 156 valence electrons. The van der Waals surface area contributed by atoms with Crippen LogP contribution in [0.25, 0.3) is 0 Å². The van der Waals surface area contributed by atoms with Gasteiger partial charge in [0, 0.05) is 4.47 Å². The zero-order valence-corrected chi connectivity index (χ0v) is 19.9. The van der Waals surface area contributed by atoms with Crippen LogP contribution in [-0.2, 0) is 15.0 Å². The monoisotopic (exact) mass is 526 g/mol. The second-order valence-electron chi connectivity index (χ2n) is 7.44. The molecule has 0 bridgehead atoms. The van der Waals surface area contributed by atoms with E-state index in [0.717, 1.165) is 4.47 Å². The van der Waals surface area contributed by atoms with Crippen molar-refractivity contribution in [3.63, 3.8) is 0 Å². The standard InChI is InChI=1S/C21H24Br2N2O4/c1-13(29-16-8-5-14(6-9-16)21(2,3)4)20(27)25-24-19(26)12-28-18-10-7-15(22)11-17(18)23/h5-11,13H,12H2,1-4H3,(H,24,26)(H,25,27). The molecule has 0 spiro atoms. The fourth-order valence-corrected chi connectivity index (χ4v) is 3.46. The van der Waals surface area contributed by atoms with E-state index in [1.165, 1.54) is 5.56 Å². The maximum Gasteiger partial charge on any atom is 0.279 e. The van der Waals surface area contributed by atoms with Crippen LogP contribution in [0.5, 0.6) is 11.5 Å². The van der Waals surface area contributed by atoms with Crippen molar-refractivity contribution in [2.24, 2.45) is 0 Å². The number of amides is 2. The minimum atomic E-state index is -0.780. The molecule has 1 unspecified atom stereocenters. The molecule has 0 aliphatic heterocycles. The SMILES string of the molecule is CC(Oc1ccc(C(C)(C)C)cc1)C(=O)NNC(=O)COc1ccc(Br)cc1Br. The van der Waals surface area contributed by atoms with Crippen LogP contribution in [0.3, 0.4) is 0 Å². The van der Waals surface area contributed by atoms with Gasteiger partial charge in [0.15, 0.2) is 12.7 Å². The van der Waals surface area contributed by atoms with Gasteiger partial charge < -0.3 is 9.47 Å². The number of hydrazine groups is 1. The van der Waals surface area contributed by atoms with E-state index in [1.54, 1.807) is 19.1 Å². The van der Waals surface area contributed by atoms with Crippen LogP contribution in [0, 0.1) is 0 Å². The van der Waals surface area contributed by atoms with E-state index in [-0.39, 0.29) is 12.0 Å². The Labute approximate surface area is 187 Å². The Hall–Kier alpha value is -2.06. The predicted molar refractivity (Wildman–Crippen MR) is 119 cm³/mol. The second-order valence-corrected chi connectivity index (χ2v) is 9.21. The van der Waals surface area contributed by atoms with Gasteiger partial charge in [-0.25, -0.2) is 0 Å². The topological polar surface area (TPSA) is 76.7 Å². The Bertz CT molecular complexity index is 864. The van der Waals surface area contributed by atoms with E-state index in [4.69, 9.17) is 9.47 Å². The zero-order chi connectivity index (χ0) is 21.6. The van der Waals surface area contributed by atoms with E-state index in [0.29, 0.717) is 16.0 Å². The van der Waals surface area contributed by atoms with Crippen molar-refractivity contribution in [3.8, 4) is 11.5 Å². The maximum atomic E-state index is 12.1. The number of carbonyl (C=O) groups excluding carboxylic acids is 2. The smallest absolute Gasteiger partial charge is 0.279 e. The second kappa shape index (κ2) is 10.1. The average molecular weight is 528 g/mol. The molecule has 0 saturated carbocycles. The summed E-state index contributed by atoms with van der Waals surface area (Å²) in [7, 11) is 0. The Morgan fingerprint density at radius 1 is 1.03 bits per heavy atom. The number of rotatable bonds is 6. The Balaban J connectivity index is 1.78. The van der Waals surface area contributed by atoms with Crippen molar-refractivity contribution in [1.82, 2.24) is 10.9 Å². The summed E-state index contributed by atoms with van der Waals surface area (Å²) >= 11 is 6.69. The first-order chi connectivity index (χ1) is 13.6. The molecule has 0 fully saturated rings. The van der Waals surface area contributed by atoms with Gasteiger partial charge in [-0.1, -0.05) is 48.8 Å². The molecule has 0 heterocycles. The highest BCUT2D eigenvalue weighted by Gasteiger charge is 2.17. The largest absolute Gasteiger partial charge is 0.483 e. The lowest BCUT2D eigenvalue weighted by Crippen LogP contribution is -2.48. The number of carbonyl (C=O) groups is 2. The van der Waals surface area contributed by atoms with Crippen LogP contribution >= 0.6 is 31.9 Å². The number of halogens is 2. The van der Waals surface area contributed by atoms with Crippen molar-refractivity contribution >= 4 is 43.7 Å². The van der Waals surface area contributed by atoms with Crippen molar-refractivity contribution in [1.29, 1.82) is 0 Å². The van der Waals surface area contributed by atoms with E-state index in [9.17, 15) is 9.59 Å². The molecule has 2 amide bonds. The first kappa shape index (κ1) is 23.2. The minimum Gasteiger partial charge on any atom is -0.483 e. The molecule has 1 atom stereocenters. The molecule has 0 aromatic heterocycles. The summed E-state index contributed by atoms with van der Waals surface area (Å²) in [6.45, 7) is 7.74.